The molecular weight excluding hydrogens is 314 g/mol. The molecule has 0 aliphatic rings. The number of para-hydroxylation sites is 1. The van der Waals surface area contributed by atoms with E-state index in [0.717, 1.165) is 29.1 Å². The Balaban J connectivity index is 1.99. The van der Waals surface area contributed by atoms with Crippen molar-refractivity contribution in [2.45, 2.75) is 20.4 Å². The Hall–Kier alpha value is -1.32. The number of rotatable bonds is 6. The molecule has 0 heterocycles. The van der Waals surface area contributed by atoms with Crippen LogP contribution in [0.1, 0.15) is 19.4 Å². The lowest BCUT2D eigenvalue weighted by Gasteiger charge is -2.11. The quantitative estimate of drug-likeness (QED) is 0.804. The second kappa shape index (κ2) is 7.46. The standard InChI is InChI=1S/C17H20BrNO/c1-13(2)11-19-12-14-8-9-17(16(18)10-14)20-15-6-4-3-5-7-15/h3-10,13,19H,11-12H2,1-2H3. The highest BCUT2D eigenvalue weighted by atomic mass is 79.9. The molecule has 2 aromatic rings. The summed E-state index contributed by atoms with van der Waals surface area (Å²) in [6.07, 6.45) is 0. The van der Waals surface area contributed by atoms with Gasteiger partial charge in [0.15, 0.2) is 0 Å². The van der Waals surface area contributed by atoms with Crippen molar-refractivity contribution in [2.75, 3.05) is 6.54 Å². The summed E-state index contributed by atoms with van der Waals surface area (Å²) in [5.74, 6) is 2.35. The minimum Gasteiger partial charge on any atom is -0.456 e. The highest BCUT2D eigenvalue weighted by Crippen LogP contribution is 2.30. The van der Waals surface area contributed by atoms with E-state index in [4.69, 9.17) is 4.74 Å². The van der Waals surface area contributed by atoms with Crippen LogP contribution in [-0.4, -0.2) is 6.54 Å². The van der Waals surface area contributed by atoms with Gasteiger partial charge in [-0.05, 0) is 58.2 Å². The van der Waals surface area contributed by atoms with E-state index in [9.17, 15) is 0 Å². The summed E-state index contributed by atoms with van der Waals surface area (Å²) in [4.78, 5) is 0. The minimum atomic E-state index is 0.666. The van der Waals surface area contributed by atoms with E-state index in [2.05, 4.69) is 47.2 Å². The van der Waals surface area contributed by atoms with Crippen molar-refractivity contribution < 1.29 is 4.74 Å². The van der Waals surface area contributed by atoms with Crippen molar-refractivity contribution in [1.82, 2.24) is 5.32 Å². The smallest absolute Gasteiger partial charge is 0.141 e. The van der Waals surface area contributed by atoms with Crippen LogP contribution in [0.25, 0.3) is 0 Å². The van der Waals surface area contributed by atoms with Crippen molar-refractivity contribution in [3.8, 4) is 11.5 Å². The summed E-state index contributed by atoms with van der Waals surface area (Å²) in [6.45, 7) is 6.32. The SMILES string of the molecule is CC(C)CNCc1ccc(Oc2ccccc2)c(Br)c1. The monoisotopic (exact) mass is 333 g/mol. The van der Waals surface area contributed by atoms with Gasteiger partial charge in [0.05, 0.1) is 4.47 Å². The molecule has 2 rings (SSSR count). The van der Waals surface area contributed by atoms with Crippen molar-refractivity contribution in [3.05, 3.63) is 58.6 Å². The van der Waals surface area contributed by atoms with E-state index in [1.54, 1.807) is 0 Å². The zero-order chi connectivity index (χ0) is 14.4. The molecule has 0 spiro atoms. The molecule has 0 unspecified atom stereocenters. The summed E-state index contributed by atoms with van der Waals surface area (Å²) in [5, 5.41) is 3.44. The average Bonchev–Trinajstić information content (AvgIpc) is 2.42. The molecule has 0 fully saturated rings. The van der Waals surface area contributed by atoms with Crippen molar-refractivity contribution in [2.24, 2.45) is 5.92 Å². The van der Waals surface area contributed by atoms with E-state index >= 15 is 0 Å². The Morgan fingerprint density at radius 2 is 1.85 bits per heavy atom. The van der Waals surface area contributed by atoms with E-state index in [1.807, 2.05) is 36.4 Å². The molecule has 0 aliphatic carbocycles. The molecule has 3 heteroatoms. The van der Waals surface area contributed by atoms with Gasteiger partial charge < -0.3 is 10.1 Å². The fourth-order valence-electron chi connectivity index (χ4n) is 1.86. The Morgan fingerprint density at radius 1 is 1.10 bits per heavy atom. The van der Waals surface area contributed by atoms with E-state index < -0.39 is 0 Å². The second-order valence-corrected chi connectivity index (χ2v) is 6.06. The molecule has 0 aliphatic heterocycles. The molecule has 0 amide bonds. The fraction of sp³-hybridized carbons (Fsp3) is 0.294. The van der Waals surface area contributed by atoms with Gasteiger partial charge in [-0.25, -0.2) is 0 Å². The zero-order valence-electron chi connectivity index (χ0n) is 11.9. The van der Waals surface area contributed by atoms with Gasteiger partial charge in [0.1, 0.15) is 11.5 Å². The third-order valence-corrected chi connectivity index (χ3v) is 3.47. The van der Waals surface area contributed by atoms with Crippen LogP contribution in [0.2, 0.25) is 0 Å². The molecule has 0 bridgehead atoms. The first-order valence-electron chi connectivity index (χ1n) is 6.87. The second-order valence-electron chi connectivity index (χ2n) is 5.20. The molecule has 106 valence electrons. The molecular formula is C17H20BrNO. The fourth-order valence-corrected chi connectivity index (χ4v) is 2.36. The number of benzene rings is 2. The van der Waals surface area contributed by atoms with Gasteiger partial charge in [-0.2, -0.15) is 0 Å². The van der Waals surface area contributed by atoms with Crippen LogP contribution in [0, 0.1) is 5.92 Å². The topological polar surface area (TPSA) is 21.3 Å². The zero-order valence-corrected chi connectivity index (χ0v) is 13.5. The Kier molecular flexibility index (Phi) is 5.62. The van der Waals surface area contributed by atoms with Crippen LogP contribution in [-0.2, 0) is 6.54 Å². The first kappa shape index (κ1) is 15.1. The lowest BCUT2D eigenvalue weighted by atomic mass is 10.2. The summed E-state index contributed by atoms with van der Waals surface area (Å²) >= 11 is 3.57. The summed E-state index contributed by atoms with van der Waals surface area (Å²) in [6, 6.07) is 16.0. The van der Waals surface area contributed by atoms with Gasteiger partial charge in [0.2, 0.25) is 0 Å². The number of ether oxygens (including phenoxy) is 1. The first-order valence-corrected chi connectivity index (χ1v) is 7.66. The van der Waals surface area contributed by atoms with Crippen LogP contribution in [0.15, 0.2) is 53.0 Å². The third-order valence-electron chi connectivity index (χ3n) is 2.85. The number of hydrogen-bond acceptors (Lipinski definition) is 2. The maximum atomic E-state index is 5.84. The van der Waals surface area contributed by atoms with Gasteiger partial charge in [0, 0.05) is 6.54 Å². The lowest BCUT2D eigenvalue weighted by Crippen LogP contribution is -2.18. The number of halogens is 1. The maximum absolute atomic E-state index is 5.84. The molecule has 0 radical (unpaired) electrons. The van der Waals surface area contributed by atoms with Crippen LogP contribution in [0.4, 0.5) is 0 Å². The summed E-state index contributed by atoms with van der Waals surface area (Å²) < 4.78 is 6.82. The van der Waals surface area contributed by atoms with Crippen LogP contribution in [0.5, 0.6) is 11.5 Å². The molecule has 0 atom stereocenters. The van der Waals surface area contributed by atoms with Gasteiger partial charge in [-0.3, -0.25) is 0 Å². The summed E-state index contributed by atoms with van der Waals surface area (Å²) in [5.41, 5.74) is 1.25. The molecule has 1 N–H and O–H groups in total. The first-order chi connectivity index (χ1) is 9.65. The van der Waals surface area contributed by atoms with E-state index in [-0.39, 0.29) is 0 Å². The number of nitrogens with one attached hydrogen (secondary N) is 1. The van der Waals surface area contributed by atoms with Gasteiger partial charge in [-0.1, -0.05) is 38.1 Å². The highest BCUT2D eigenvalue weighted by molar-refractivity contribution is 9.10. The van der Waals surface area contributed by atoms with Gasteiger partial charge in [0.25, 0.3) is 0 Å². The maximum Gasteiger partial charge on any atom is 0.141 e. The van der Waals surface area contributed by atoms with Crippen molar-refractivity contribution in [1.29, 1.82) is 0 Å². The largest absolute Gasteiger partial charge is 0.456 e. The van der Waals surface area contributed by atoms with Crippen LogP contribution < -0.4 is 10.1 Å². The Morgan fingerprint density at radius 3 is 2.50 bits per heavy atom. The molecule has 20 heavy (non-hydrogen) atoms. The Labute approximate surface area is 129 Å². The molecule has 0 saturated carbocycles. The van der Waals surface area contributed by atoms with Crippen LogP contribution in [0.3, 0.4) is 0 Å². The predicted octanol–water partition coefficient (Wildman–Crippen LogP) is 4.99. The van der Waals surface area contributed by atoms with Gasteiger partial charge in [-0.15, -0.1) is 0 Å². The number of hydrogen-bond donors (Lipinski definition) is 1. The summed E-state index contributed by atoms with van der Waals surface area (Å²) in [7, 11) is 0. The van der Waals surface area contributed by atoms with Crippen LogP contribution >= 0.6 is 15.9 Å². The van der Waals surface area contributed by atoms with E-state index in [1.165, 1.54) is 5.56 Å². The van der Waals surface area contributed by atoms with Gasteiger partial charge >= 0.3 is 0 Å². The molecule has 0 aromatic heterocycles. The Bertz CT molecular complexity index is 540. The van der Waals surface area contributed by atoms with Crippen molar-refractivity contribution >= 4 is 15.9 Å². The normalized spacial score (nSPS) is 10.8. The predicted molar refractivity (Wildman–Crippen MR) is 87.2 cm³/mol. The van der Waals surface area contributed by atoms with E-state index in [0.29, 0.717) is 5.92 Å². The molecule has 2 aromatic carbocycles. The van der Waals surface area contributed by atoms with Crippen molar-refractivity contribution in [3.63, 3.8) is 0 Å². The minimum absolute atomic E-state index is 0.666. The lowest BCUT2D eigenvalue weighted by molar-refractivity contribution is 0.479. The average molecular weight is 334 g/mol. The molecule has 0 saturated heterocycles. The third kappa shape index (κ3) is 4.66. The molecule has 2 nitrogen and oxygen atoms in total. The highest BCUT2D eigenvalue weighted by Gasteiger charge is 2.04.